The zero-order valence-corrected chi connectivity index (χ0v) is 14.2. The molecule has 1 amide bonds. The van der Waals surface area contributed by atoms with Gasteiger partial charge in [0.25, 0.3) is 0 Å². The lowest BCUT2D eigenvalue weighted by molar-refractivity contribution is -0.120. The topological polar surface area (TPSA) is 41.1 Å². The number of carbonyl (C=O) groups is 1. The molecule has 0 saturated heterocycles. The monoisotopic (exact) mass is 384 g/mol. The van der Waals surface area contributed by atoms with Gasteiger partial charge in [-0.25, -0.2) is 4.39 Å². The second-order valence-electron chi connectivity index (χ2n) is 4.82. The van der Waals surface area contributed by atoms with Crippen LogP contribution in [0.4, 0.5) is 10.1 Å². The van der Waals surface area contributed by atoms with Gasteiger partial charge in [0.15, 0.2) is 0 Å². The van der Waals surface area contributed by atoms with E-state index >= 15 is 0 Å². The van der Waals surface area contributed by atoms with Crippen LogP contribution >= 0.6 is 27.5 Å². The number of rotatable bonds is 5. The van der Waals surface area contributed by atoms with Gasteiger partial charge in [0, 0.05) is 9.50 Å². The van der Waals surface area contributed by atoms with Crippen LogP contribution in [0.25, 0.3) is 0 Å². The number of nitrogens with one attached hydrogen (secondary N) is 2. The number of hydrogen-bond donors (Lipinski definition) is 2. The molecule has 2 aromatic carbocycles. The number of benzene rings is 2. The molecule has 1 unspecified atom stereocenters. The van der Waals surface area contributed by atoms with Crippen molar-refractivity contribution >= 4 is 39.1 Å². The Morgan fingerprint density at radius 1 is 1.27 bits per heavy atom. The Hall–Kier alpha value is -1.59. The maximum atomic E-state index is 13.5. The first-order valence-electron chi connectivity index (χ1n) is 6.69. The first kappa shape index (κ1) is 16.8. The van der Waals surface area contributed by atoms with E-state index in [1.54, 1.807) is 0 Å². The summed E-state index contributed by atoms with van der Waals surface area (Å²) >= 11 is 9.16. The highest BCUT2D eigenvalue weighted by Gasteiger charge is 2.10. The zero-order valence-electron chi connectivity index (χ0n) is 11.9. The number of carbonyl (C=O) groups excluding carboxylic acids is 1. The van der Waals surface area contributed by atoms with Gasteiger partial charge in [0.1, 0.15) is 5.82 Å². The molecule has 1 atom stereocenters. The molecular weight excluding hydrogens is 371 g/mol. The molecule has 0 aliphatic heterocycles. The van der Waals surface area contributed by atoms with Crippen LogP contribution in [0.3, 0.4) is 0 Å². The van der Waals surface area contributed by atoms with E-state index in [0.29, 0.717) is 5.02 Å². The summed E-state index contributed by atoms with van der Waals surface area (Å²) in [5.41, 5.74) is 1.20. The number of halogens is 3. The van der Waals surface area contributed by atoms with E-state index in [0.717, 1.165) is 10.0 Å². The van der Waals surface area contributed by atoms with Gasteiger partial charge in [-0.1, -0.05) is 39.7 Å². The van der Waals surface area contributed by atoms with Crippen LogP contribution in [0.1, 0.15) is 18.5 Å². The van der Waals surface area contributed by atoms with E-state index in [9.17, 15) is 9.18 Å². The number of hydrogen-bond acceptors (Lipinski definition) is 2. The average molecular weight is 386 g/mol. The van der Waals surface area contributed by atoms with Gasteiger partial charge in [-0.3, -0.25) is 4.79 Å². The van der Waals surface area contributed by atoms with Crippen LogP contribution in [0.15, 0.2) is 46.9 Å². The maximum Gasteiger partial charge on any atom is 0.239 e. The molecule has 2 N–H and O–H groups in total. The SMILES string of the molecule is CC(NC(=O)CNc1cc(Cl)ccc1F)c1ccc(Br)cc1. The highest BCUT2D eigenvalue weighted by molar-refractivity contribution is 9.10. The Balaban J connectivity index is 1.90. The Labute approximate surface area is 142 Å². The summed E-state index contributed by atoms with van der Waals surface area (Å²) in [6.45, 7) is 1.86. The van der Waals surface area contributed by atoms with E-state index in [4.69, 9.17) is 11.6 Å². The van der Waals surface area contributed by atoms with Gasteiger partial charge in [0.2, 0.25) is 5.91 Å². The Kier molecular flexibility index (Phi) is 5.80. The average Bonchev–Trinajstić information content (AvgIpc) is 2.49. The molecule has 0 fully saturated rings. The molecule has 2 rings (SSSR count). The van der Waals surface area contributed by atoms with Crippen LogP contribution in [0, 0.1) is 5.82 Å². The highest BCUT2D eigenvalue weighted by atomic mass is 79.9. The standard InChI is InChI=1S/C16H15BrClFN2O/c1-10(11-2-4-12(17)5-3-11)21-16(22)9-20-15-8-13(18)6-7-14(15)19/h2-8,10,20H,9H2,1H3,(H,21,22). The van der Waals surface area contributed by atoms with Crippen molar-refractivity contribution in [3.05, 3.63) is 63.3 Å². The molecule has 2 aromatic rings. The summed E-state index contributed by atoms with van der Waals surface area (Å²) in [5, 5.41) is 6.00. The van der Waals surface area contributed by atoms with E-state index in [1.165, 1.54) is 18.2 Å². The van der Waals surface area contributed by atoms with Crippen LogP contribution in [-0.2, 0) is 4.79 Å². The molecule has 116 valence electrons. The second kappa shape index (κ2) is 7.61. The summed E-state index contributed by atoms with van der Waals surface area (Å²) in [5.74, 6) is -0.673. The minimum absolute atomic E-state index is 0.0296. The molecule has 22 heavy (non-hydrogen) atoms. The third-order valence-corrected chi connectivity index (χ3v) is 3.88. The Morgan fingerprint density at radius 2 is 1.95 bits per heavy atom. The molecule has 0 saturated carbocycles. The third kappa shape index (κ3) is 4.71. The normalized spacial score (nSPS) is 11.8. The van der Waals surface area contributed by atoms with Crippen molar-refractivity contribution in [3.8, 4) is 0 Å². The third-order valence-electron chi connectivity index (χ3n) is 3.12. The van der Waals surface area contributed by atoms with E-state index in [2.05, 4.69) is 26.6 Å². The molecule has 0 radical (unpaired) electrons. The van der Waals surface area contributed by atoms with Gasteiger partial charge in [-0.2, -0.15) is 0 Å². The van der Waals surface area contributed by atoms with Crippen LogP contribution < -0.4 is 10.6 Å². The van der Waals surface area contributed by atoms with Crippen molar-refractivity contribution < 1.29 is 9.18 Å². The number of anilines is 1. The van der Waals surface area contributed by atoms with Crippen molar-refractivity contribution in [1.82, 2.24) is 5.32 Å². The minimum Gasteiger partial charge on any atom is -0.374 e. The van der Waals surface area contributed by atoms with Gasteiger partial charge < -0.3 is 10.6 Å². The van der Waals surface area contributed by atoms with Crippen molar-refractivity contribution in [2.75, 3.05) is 11.9 Å². The summed E-state index contributed by atoms with van der Waals surface area (Å²) in [6, 6.07) is 11.7. The fourth-order valence-electron chi connectivity index (χ4n) is 1.94. The van der Waals surface area contributed by atoms with Crippen molar-refractivity contribution in [1.29, 1.82) is 0 Å². The summed E-state index contributed by atoms with van der Waals surface area (Å²) in [6.07, 6.45) is 0. The predicted molar refractivity (Wildman–Crippen MR) is 90.6 cm³/mol. The van der Waals surface area contributed by atoms with Gasteiger partial charge in [-0.15, -0.1) is 0 Å². The summed E-state index contributed by atoms with van der Waals surface area (Å²) < 4.78 is 14.5. The Morgan fingerprint density at radius 3 is 2.64 bits per heavy atom. The molecule has 0 bridgehead atoms. The predicted octanol–water partition coefficient (Wildman–Crippen LogP) is 4.53. The van der Waals surface area contributed by atoms with Crippen molar-refractivity contribution in [2.45, 2.75) is 13.0 Å². The molecule has 0 spiro atoms. The lowest BCUT2D eigenvalue weighted by atomic mass is 10.1. The fourth-order valence-corrected chi connectivity index (χ4v) is 2.37. The van der Waals surface area contributed by atoms with Crippen LogP contribution in [0.5, 0.6) is 0 Å². The minimum atomic E-state index is -0.446. The largest absolute Gasteiger partial charge is 0.374 e. The molecule has 0 heterocycles. The molecule has 0 aliphatic rings. The number of amides is 1. The Bertz CT molecular complexity index is 664. The van der Waals surface area contributed by atoms with Crippen molar-refractivity contribution in [3.63, 3.8) is 0 Å². The highest BCUT2D eigenvalue weighted by Crippen LogP contribution is 2.19. The first-order valence-corrected chi connectivity index (χ1v) is 7.86. The molecule has 6 heteroatoms. The fraction of sp³-hybridized carbons (Fsp3) is 0.188. The van der Waals surface area contributed by atoms with E-state index in [-0.39, 0.29) is 24.2 Å². The summed E-state index contributed by atoms with van der Waals surface area (Å²) in [7, 11) is 0. The molecule has 3 nitrogen and oxygen atoms in total. The second-order valence-corrected chi connectivity index (χ2v) is 6.17. The van der Waals surface area contributed by atoms with Gasteiger partial charge >= 0.3 is 0 Å². The quantitative estimate of drug-likeness (QED) is 0.794. The lowest BCUT2D eigenvalue weighted by Gasteiger charge is -2.15. The van der Waals surface area contributed by atoms with Crippen molar-refractivity contribution in [2.24, 2.45) is 0 Å². The van der Waals surface area contributed by atoms with Crippen LogP contribution in [-0.4, -0.2) is 12.5 Å². The van der Waals surface area contributed by atoms with Gasteiger partial charge in [-0.05, 0) is 42.8 Å². The molecule has 0 aliphatic carbocycles. The van der Waals surface area contributed by atoms with E-state index in [1.807, 2.05) is 31.2 Å². The first-order chi connectivity index (χ1) is 10.5. The lowest BCUT2D eigenvalue weighted by Crippen LogP contribution is -2.32. The van der Waals surface area contributed by atoms with Gasteiger partial charge in [0.05, 0.1) is 18.3 Å². The van der Waals surface area contributed by atoms with Crippen LogP contribution in [0.2, 0.25) is 5.02 Å². The molecule has 0 aromatic heterocycles. The summed E-state index contributed by atoms with van der Waals surface area (Å²) in [4.78, 5) is 11.9. The molecular formula is C16H15BrClFN2O. The maximum absolute atomic E-state index is 13.5. The smallest absolute Gasteiger partial charge is 0.239 e. The van der Waals surface area contributed by atoms with E-state index < -0.39 is 5.82 Å². The zero-order chi connectivity index (χ0) is 16.1.